The van der Waals surface area contributed by atoms with E-state index in [0.29, 0.717) is 35.2 Å². The van der Waals surface area contributed by atoms with Gasteiger partial charge in [-0.05, 0) is 48.4 Å². The van der Waals surface area contributed by atoms with Crippen molar-refractivity contribution in [3.05, 3.63) is 75.5 Å². The summed E-state index contributed by atoms with van der Waals surface area (Å²) in [6.45, 7) is 0.283. The Hall–Kier alpha value is -3.32. The fourth-order valence-electron chi connectivity index (χ4n) is 2.90. The maximum absolute atomic E-state index is 12.3. The Bertz CT molecular complexity index is 1080. The van der Waals surface area contributed by atoms with Crippen LogP contribution in [0.2, 0.25) is 5.02 Å². The van der Waals surface area contributed by atoms with Gasteiger partial charge in [-0.2, -0.15) is 5.10 Å². The second-order valence-electron chi connectivity index (χ2n) is 6.51. The van der Waals surface area contributed by atoms with Gasteiger partial charge >= 0.3 is 0 Å². The summed E-state index contributed by atoms with van der Waals surface area (Å²) in [5.74, 6) is 0.854. The van der Waals surface area contributed by atoms with Crippen LogP contribution in [-0.2, 0) is 17.8 Å². The lowest BCUT2D eigenvalue weighted by molar-refractivity contribution is -0.121. The molecular formula is C22H22ClN3O4. The Morgan fingerprint density at radius 1 is 1.03 bits per heavy atom. The molecule has 3 aromatic rings. The maximum Gasteiger partial charge on any atom is 0.267 e. The summed E-state index contributed by atoms with van der Waals surface area (Å²) >= 11 is 5.87. The van der Waals surface area contributed by atoms with Crippen LogP contribution in [0.4, 0.5) is 0 Å². The molecule has 0 saturated carbocycles. The zero-order valence-corrected chi connectivity index (χ0v) is 17.5. The van der Waals surface area contributed by atoms with E-state index in [0.717, 1.165) is 15.8 Å². The standard InChI is InChI=1S/C22H22ClN3O4/c1-29-19-9-5-16(13-20(19)30-2)18-8-10-22(28)26(25-18)14-21(27)24-12-11-15-3-6-17(23)7-4-15/h3-10,13H,11-12,14H2,1-2H3,(H,24,27). The van der Waals surface area contributed by atoms with Gasteiger partial charge in [-0.15, -0.1) is 0 Å². The first-order valence-electron chi connectivity index (χ1n) is 9.32. The van der Waals surface area contributed by atoms with E-state index in [-0.39, 0.29) is 18.0 Å². The predicted octanol–water partition coefficient (Wildman–Crippen LogP) is 2.94. The number of hydrogen-bond acceptors (Lipinski definition) is 5. The van der Waals surface area contributed by atoms with Crippen molar-refractivity contribution in [2.24, 2.45) is 0 Å². The number of rotatable bonds is 8. The highest BCUT2D eigenvalue weighted by Gasteiger charge is 2.10. The molecule has 0 bridgehead atoms. The summed E-state index contributed by atoms with van der Waals surface area (Å²) in [5, 5.41) is 7.80. The molecule has 8 heteroatoms. The number of amides is 1. The lowest BCUT2D eigenvalue weighted by atomic mass is 10.1. The van der Waals surface area contributed by atoms with Crippen molar-refractivity contribution >= 4 is 17.5 Å². The molecule has 1 heterocycles. The molecule has 0 radical (unpaired) electrons. The molecule has 156 valence electrons. The van der Waals surface area contributed by atoms with Gasteiger partial charge in [0.05, 0.1) is 19.9 Å². The van der Waals surface area contributed by atoms with E-state index in [1.165, 1.54) is 6.07 Å². The largest absolute Gasteiger partial charge is 0.493 e. The van der Waals surface area contributed by atoms with Crippen molar-refractivity contribution in [2.75, 3.05) is 20.8 Å². The first-order valence-corrected chi connectivity index (χ1v) is 9.69. The number of hydrogen-bond donors (Lipinski definition) is 1. The lowest BCUT2D eigenvalue weighted by Gasteiger charge is -2.11. The van der Waals surface area contributed by atoms with E-state index in [1.807, 2.05) is 30.3 Å². The third-order valence-corrected chi connectivity index (χ3v) is 4.74. The van der Waals surface area contributed by atoms with E-state index < -0.39 is 0 Å². The normalized spacial score (nSPS) is 10.5. The average molecular weight is 428 g/mol. The van der Waals surface area contributed by atoms with Crippen molar-refractivity contribution in [1.29, 1.82) is 0 Å². The van der Waals surface area contributed by atoms with Crippen molar-refractivity contribution in [1.82, 2.24) is 15.1 Å². The molecule has 0 spiro atoms. The first kappa shape index (κ1) is 21.4. The fraction of sp³-hybridized carbons (Fsp3) is 0.227. The third-order valence-electron chi connectivity index (χ3n) is 4.49. The summed E-state index contributed by atoms with van der Waals surface area (Å²) in [6, 6.07) is 15.8. The van der Waals surface area contributed by atoms with Gasteiger partial charge in [-0.3, -0.25) is 9.59 Å². The summed E-state index contributed by atoms with van der Waals surface area (Å²) in [5.41, 5.74) is 1.99. The van der Waals surface area contributed by atoms with Crippen LogP contribution >= 0.6 is 11.6 Å². The molecule has 0 aliphatic carbocycles. The third kappa shape index (κ3) is 5.39. The van der Waals surface area contributed by atoms with Gasteiger partial charge in [0.15, 0.2) is 11.5 Å². The molecule has 0 unspecified atom stereocenters. The molecule has 2 aromatic carbocycles. The van der Waals surface area contributed by atoms with Crippen LogP contribution < -0.4 is 20.3 Å². The van der Waals surface area contributed by atoms with E-state index in [2.05, 4.69) is 10.4 Å². The number of methoxy groups -OCH3 is 2. The van der Waals surface area contributed by atoms with Crippen molar-refractivity contribution < 1.29 is 14.3 Å². The molecule has 0 fully saturated rings. The zero-order chi connectivity index (χ0) is 21.5. The second kappa shape index (κ2) is 9.93. The molecular weight excluding hydrogens is 406 g/mol. The first-order chi connectivity index (χ1) is 14.5. The Labute approximate surface area is 179 Å². The number of nitrogens with one attached hydrogen (secondary N) is 1. The number of ether oxygens (including phenoxy) is 2. The molecule has 1 aromatic heterocycles. The number of nitrogens with zero attached hydrogens (tertiary/aromatic N) is 2. The van der Waals surface area contributed by atoms with Crippen LogP contribution in [0.15, 0.2) is 59.4 Å². The second-order valence-corrected chi connectivity index (χ2v) is 6.95. The molecule has 1 amide bonds. The maximum atomic E-state index is 12.3. The molecule has 30 heavy (non-hydrogen) atoms. The molecule has 0 aliphatic rings. The van der Waals surface area contributed by atoms with Crippen molar-refractivity contribution in [2.45, 2.75) is 13.0 Å². The molecule has 0 saturated heterocycles. The summed E-state index contributed by atoms with van der Waals surface area (Å²) in [4.78, 5) is 24.4. The van der Waals surface area contributed by atoms with E-state index in [9.17, 15) is 9.59 Å². The predicted molar refractivity (Wildman–Crippen MR) is 115 cm³/mol. The zero-order valence-electron chi connectivity index (χ0n) is 16.7. The highest BCUT2D eigenvalue weighted by Crippen LogP contribution is 2.31. The van der Waals surface area contributed by atoms with Crippen LogP contribution in [0.3, 0.4) is 0 Å². The van der Waals surface area contributed by atoms with Gasteiger partial charge in [0.1, 0.15) is 6.54 Å². The van der Waals surface area contributed by atoms with Crippen LogP contribution in [0.25, 0.3) is 11.3 Å². The van der Waals surface area contributed by atoms with Crippen LogP contribution in [-0.4, -0.2) is 36.5 Å². The van der Waals surface area contributed by atoms with E-state index in [4.69, 9.17) is 21.1 Å². The fourth-order valence-corrected chi connectivity index (χ4v) is 3.03. The highest BCUT2D eigenvalue weighted by atomic mass is 35.5. The van der Waals surface area contributed by atoms with Crippen molar-refractivity contribution in [3.63, 3.8) is 0 Å². The Morgan fingerprint density at radius 3 is 2.47 bits per heavy atom. The Kier molecular flexibility index (Phi) is 7.08. The van der Waals surface area contributed by atoms with Gasteiger partial charge < -0.3 is 14.8 Å². The van der Waals surface area contributed by atoms with Crippen LogP contribution in [0.5, 0.6) is 11.5 Å². The SMILES string of the molecule is COc1ccc(-c2ccc(=O)n(CC(=O)NCCc3ccc(Cl)cc3)n2)cc1OC. The molecule has 0 atom stereocenters. The van der Waals surface area contributed by atoms with Gasteiger partial charge in [0.25, 0.3) is 5.56 Å². The molecule has 1 N–H and O–H groups in total. The lowest BCUT2D eigenvalue weighted by Crippen LogP contribution is -2.34. The monoisotopic (exact) mass is 427 g/mol. The Balaban J connectivity index is 1.67. The summed E-state index contributed by atoms with van der Waals surface area (Å²) < 4.78 is 11.7. The summed E-state index contributed by atoms with van der Waals surface area (Å²) in [6.07, 6.45) is 0.664. The van der Waals surface area contributed by atoms with Crippen LogP contribution in [0, 0.1) is 0 Å². The smallest absolute Gasteiger partial charge is 0.267 e. The van der Waals surface area contributed by atoms with E-state index >= 15 is 0 Å². The number of benzene rings is 2. The number of carbonyl (C=O) groups excluding carboxylic acids is 1. The quantitative estimate of drug-likeness (QED) is 0.597. The van der Waals surface area contributed by atoms with Gasteiger partial charge in [0.2, 0.25) is 5.91 Å². The van der Waals surface area contributed by atoms with Gasteiger partial charge in [0, 0.05) is 23.2 Å². The van der Waals surface area contributed by atoms with E-state index in [1.54, 1.807) is 32.4 Å². The summed E-state index contributed by atoms with van der Waals surface area (Å²) in [7, 11) is 3.10. The molecule has 3 rings (SSSR count). The number of aromatic nitrogens is 2. The molecule has 0 aliphatic heterocycles. The van der Waals surface area contributed by atoms with Gasteiger partial charge in [-0.25, -0.2) is 4.68 Å². The molecule has 7 nitrogen and oxygen atoms in total. The van der Waals surface area contributed by atoms with Crippen LogP contribution in [0.1, 0.15) is 5.56 Å². The van der Waals surface area contributed by atoms with Crippen molar-refractivity contribution in [3.8, 4) is 22.8 Å². The average Bonchev–Trinajstić information content (AvgIpc) is 2.76. The number of halogens is 1. The Morgan fingerprint density at radius 2 is 1.77 bits per heavy atom. The number of carbonyl (C=O) groups is 1. The minimum atomic E-state index is -0.355. The van der Waals surface area contributed by atoms with Gasteiger partial charge in [-0.1, -0.05) is 23.7 Å². The topological polar surface area (TPSA) is 82.5 Å². The highest BCUT2D eigenvalue weighted by molar-refractivity contribution is 6.30. The minimum Gasteiger partial charge on any atom is -0.493 e. The minimum absolute atomic E-state index is 0.166.